The lowest BCUT2D eigenvalue weighted by molar-refractivity contribution is 0.601. The number of nitrogens with one attached hydrogen (secondary N) is 1. The molecule has 1 unspecified atom stereocenters. The number of hydrogen-bond donors (Lipinski definition) is 1. The summed E-state index contributed by atoms with van der Waals surface area (Å²) in [4.78, 5) is 3.87. The van der Waals surface area contributed by atoms with Crippen molar-refractivity contribution in [1.82, 2.24) is 4.98 Å². The predicted molar refractivity (Wildman–Crippen MR) is 85.2 cm³/mol. The number of nitrogens with zero attached hydrogens (tertiary/aromatic N) is 1. The molecule has 1 aromatic carbocycles. The third-order valence-electron chi connectivity index (χ3n) is 3.35. The molecule has 0 bridgehead atoms. The Morgan fingerprint density at radius 3 is 2.48 bits per heavy atom. The molecule has 1 heterocycles. The van der Waals surface area contributed by atoms with E-state index in [-0.39, 0.29) is 10.0 Å². The molecule has 0 aliphatic heterocycles. The van der Waals surface area contributed by atoms with E-state index in [1.165, 1.54) is 23.9 Å². The third kappa shape index (κ3) is 3.95. The molecule has 4 nitrogen and oxygen atoms in total. The molecule has 0 fully saturated rings. The Bertz CT molecular complexity index is 715. The Morgan fingerprint density at radius 2 is 1.90 bits per heavy atom. The van der Waals surface area contributed by atoms with Gasteiger partial charge in [-0.2, -0.15) is 0 Å². The topological polar surface area (TPSA) is 59.1 Å². The van der Waals surface area contributed by atoms with E-state index in [2.05, 4.69) is 23.6 Å². The van der Waals surface area contributed by atoms with Crippen LogP contribution in [0.1, 0.15) is 31.7 Å². The van der Waals surface area contributed by atoms with Crippen molar-refractivity contribution in [1.29, 1.82) is 0 Å². The molecule has 1 aromatic heterocycles. The second-order valence-electron chi connectivity index (χ2n) is 4.85. The summed E-state index contributed by atoms with van der Waals surface area (Å²) in [5.74, 6) is 0.453. The first kappa shape index (κ1) is 15.8. The average molecular weight is 325 g/mol. The predicted octanol–water partition coefficient (Wildman–Crippen LogP) is 4.05. The van der Waals surface area contributed by atoms with Gasteiger partial charge in [0.1, 0.15) is 5.15 Å². The van der Waals surface area contributed by atoms with Gasteiger partial charge in [0.15, 0.2) is 0 Å². The molecule has 0 saturated heterocycles. The first-order valence-corrected chi connectivity index (χ1v) is 8.53. The second-order valence-corrected chi connectivity index (χ2v) is 6.92. The zero-order chi connectivity index (χ0) is 15.5. The van der Waals surface area contributed by atoms with E-state index in [1.807, 2.05) is 12.1 Å². The highest BCUT2D eigenvalue weighted by Crippen LogP contribution is 2.22. The maximum atomic E-state index is 12.2. The fraction of sp³-hybridized carbons (Fsp3) is 0.267. The molecule has 2 rings (SSSR count). The van der Waals surface area contributed by atoms with E-state index in [0.29, 0.717) is 11.6 Å². The number of anilines is 1. The summed E-state index contributed by atoms with van der Waals surface area (Å²) in [6.07, 6.45) is 2.41. The molecule has 1 atom stereocenters. The number of benzene rings is 1. The summed E-state index contributed by atoms with van der Waals surface area (Å²) in [6.45, 7) is 4.26. The summed E-state index contributed by atoms with van der Waals surface area (Å²) in [5.41, 5.74) is 1.71. The Morgan fingerprint density at radius 1 is 1.24 bits per heavy atom. The first-order valence-electron chi connectivity index (χ1n) is 6.66. The molecule has 112 valence electrons. The van der Waals surface area contributed by atoms with Gasteiger partial charge in [-0.05, 0) is 42.2 Å². The van der Waals surface area contributed by atoms with Gasteiger partial charge in [0, 0.05) is 11.9 Å². The van der Waals surface area contributed by atoms with E-state index in [4.69, 9.17) is 11.6 Å². The number of pyridine rings is 1. The molecular formula is C15H17ClN2O2S. The maximum Gasteiger partial charge on any atom is 0.262 e. The highest BCUT2D eigenvalue weighted by atomic mass is 35.5. The number of hydrogen-bond acceptors (Lipinski definition) is 3. The minimum absolute atomic E-state index is 0.0912. The molecule has 0 aliphatic carbocycles. The zero-order valence-corrected chi connectivity index (χ0v) is 13.4. The SMILES string of the molecule is CCC(C)c1ccc(NS(=O)(=O)c2ccnc(Cl)c2)cc1. The van der Waals surface area contributed by atoms with Crippen molar-refractivity contribution >= 4 is 27.3 Å². The van der Waals surface area contributed by atoms with Crippen LogP contribution in [0.15, 0.2) is 47.5 Å². The van der Waals surface area contributed by atoms with Crippen LogP contribution in [0, 0.1) is 0 Å². The van der Waals surface area contributed by atoms with Crippen LogP contribution in [0.25, 0.3) is 0 Å². The van der Waals surface area contributed by atoms with Crippen molar-refractivity contribution in [2.45, 2.75) is 31.1 Å². The molecule has 0 amide bonds. The molecule has 1 N–H and O–H groups in total. The molecule has 21 heavy (non-hydrogen) atoms. The zero-order valence-electron chi connectivity index (χ0n) is 11.9. The quantitative estimate of drug-likeness (QED) is 0.844. The summed E-state index contributed by atoms with van der Waals surface area (Å²) in [5, 5.41) is 0.144. The molecule has 0 radical (unpaired) electrons. The number of rotatable bonds is 5. The smallest absolute Gasteiger partial charge is 0.262 e. The first-order chi connectivity index (χ1) is 9.92. The lowest BCUT2D eigenvalue weighted by atomic mass is 9.99. The Balaban J connectivity index is 2.21. The van der Waals surface area contributed by atoms with E-state index in [1.54, 1.807) is 12.1 Å². The number of sulfonamides is 1. The van der Waals surface area contributed by atoms with Crippen LogP contribution in [-0.4, -0.2) is 13.4 Å². The number of aromatic nitrogens is 1. The summed E-state index contributed by atoms with van der Waals surface area (Å²) in [7, 11) is -3.65. The van der Waals surface area contributed by atoms with E-state index >= 15 is 0 Å². The summed E-state index contributed by atoms with van der Waals surface area (Å²) in [6, 6.07) is 10.1. The largest absolute Gasteiger partial charge is 0.280 e. The van der Waals surface area contributed by atoms with Gasteiger partial charge in [-0.3, -0.25) is 4.72 Å². The average Bonchev–Trinajstić information content (AvgIpc) is 2.47. The molecular weight excluding hydrogens is 308 g/mol. The highest BCUT2D eigenvalue weighted by Gasteiger charge is 2.15. The lowest BCUT2D eigenvalue weighted by Gasteiger charge is -2.11. The van der Waals surface area contributed by atoms with E-state index in [9.17, 15) is 8.42 Å². The van der Waals surface area contributed by atoms with Crippen molar-refractivity contribution in [2.75, 3.05) is 4.72 Å². The van der Waals surface area contributed by atoms with Crippen molar-refractivity contribution < 1.29 is 8.42 Å². The van der Waals surface area contributed by atoms with Gasteiger partial charge in [0.05, 0.1) is 4.90 Å². The Kier molecular flexibility index (Phi) is 4.85. The minimum Gasteiger partial charge on any atom is -0.280 e. The fourth-order valence-corrected chi connectivity index (χ4v) is 3.19. The Labute approximate surface area is 130 Å². The second kappa shape index (κ2) is 6.45. The van der Waals surface area contributed by atoms with Crippen LogP contribution >= 0.6 is 11.6 Å². The van der Waals surface area contributed by atoms with Crippen LogP contribution in [0.2, 0.25) is 5.15 Å². The van der Waals surface area contributed by atoms with Crippen LogP contribution in [0.5, 0.6) is 0 Å². The van der Waals surface area contributed by atoms with E-state index in [0.717, 1.165) is 6.42 Å². The molecule has 0 saturated carbocycles. The van der Waals surface area contributed by atoms with Crippen molar-refractivity contribution in [3.8, 4) is 0 Å². The minimum atomic E-state index is -3.65. The van der Waals surface area contributed by atoms with Crippen molar-refractivity contribution in [3.05, 3.63) is 53.3 Å². The third-order valence-corrected chi connectivity index (χ3v) is 4.94. The number of halogens is 1. The van der Waals surface area contributed by atoms with Gasteiger partial charge in [-0.15, -0.1) is 0 Å². The highest BCUT2D eigenvalue weighted by molar-refractivity contribution is 7.92. The van der Waals surface area contributed by atoms with Gasteiger partial charge in [0.2, 0.25) is 0 Å². The van der Waals surface area contributed by atoms with Gasteiger partial charge in [0.25, 0.3) is 10.0 Å². The molecule has 0 spiro atoms. The monoisotopic (exact) mass is 324 g/mol. The maximum absolute atomic E-state index is 12.2. The van der Waals surface area contributed by atoms with Crippen molar-refractivity contribution in [3.63, 3.8) is 0 Å². The Hall–Kier alpha value is -1.59. The molecule has 0 aliphatic rings. The van der Waals surface area contributed by atoms with Gasteiger partial charge in [-0.25, -0.2) is 13.4 Å². The van der Waals surface area contributed by atoms with Crippen LogP contribution in [-0.2, 0) is 10.0 Å². The van der Waals surface area contributed by atoms with Crippen molar-refractivity contribution in [2.24, 2.45) is 0 Å². The standard InChI is InChI=1S/C15H17ClN2O2S/c1-3-11(2)12-4-6-13(7-5-12)18-21(19,20)14-8-9-17-15(16)10-14/h4-11,18H,3H2,1-2H3. The summed E-state index contributed by atoms with van der Waals surface area (Å²) >= 11 is 5.72. The normalized spacial score (nSPS) is 12.9. The van der Waals surface area contributed by atoms with Crippen LogP contribution < -0.4 is 4.72 Å². The van der Waals surface area contributed by atoms with Gasteiger partial charge < -0.3 is 0 Å². The van der Waals surface area contributed by atoms with Crippen LogP contribution in [0.4, 0.5) is 5.69 Å². The van der Waals surface area contributed by atoms with E-state index < -0.39 is 10.0 Å². The molecule has 2 aromatic rings. The molecule has 6 heteroatoms. The summed E-state index contributed by atoms with van der Waals surface area (Å²) < 4.78 is 27.0. The van der Waals surface area contributed by atoms with Gasteiger partial charge in [-0.1, -0.05) is 37.6 Å². The fourth-order valence-electron chi connectivity index (χ4n) is 1.88. The van der Waals surface area contributed by atoms with Crippen LogP contribution in [0.3, 0.4) is 0 Å². The van der Waals surface area contributed by atoms with Gasteiger partial charge >= 0.3 is 0 Å². The lowest BCUT2D eigenvalue weighted by Crippen LogP contribution is -2.13.